The number of benzene rings is 3. The fourth-order valence-electron chi connectivity index (χ4n) is 2.51. The summed E-state index contributed by atoms with van der Waals surface area (Å²) in [5.74, 6) is -1.14. The van der Waals surface area contributed by atoms with E-state index in [0.717, 1.165) is 0 Å². The summed E-state index contributed by atoms with van der Waals surface area (Å²) in [6, 6.07) is 21.9. The first kappa shape index (κ1) is 21.8. The molecule has 6 amide bonds. The topological polar surface area (TPSA) is 140 Å². The number of hydrogen-bond acceptors (Lipinski definition) is 4. The van der Waals surface area contributed by atoms with Crippen LogP contribution < -0.4 is 32.3 Å². The van der Waals surface area contributed by atoms with Gasteiger partial charge in [0.15, 0.2) is 0 Å². The Balaban J connectivity index is 1.44. The monoisotopic (exact) mass is 432 g/mol. The molecule has 0 aliphatic heterocycles. The minimum atomic E-state index is -0.611. The minimum absolute atomic E-state index is 0.219. The summed E-state index contributed by atoms with van der Waals surface area (Å²) in [6.45, 7) is 0. The van der Waals surface area contributed by atoms with Gasteiger partial charge < -0.3 is 10.6 Å². The molecule has 32 heavy (non-hydrogen) atoms. The Labute approximate surface area is 183 Å². The van der Waals surface area contributed by atoms with Crippen LogP contribution in [0.25, 0.3) is 0 Å². The first-order valence-corrected chi connectivity index (χ1v) is 9.46. The lowest BCUT2D eigenvalue weighted by molar-refractivity contribution is 0.0927. The van der Waals surface area contributed by atoms with Crippen LogP contribution in [-0.2, 0) is 0 Å². The lowest BCUT2D eigenvalue weighted by atomic mass is 10.1. The highest BCUT2D eigenvalue weighted by Crippen LogP contribution is 2.06. The molecule has 0 heterocycles. The van der Waals surface area contributed by atoms with E-state index in [9.17, 15) is 19.2 Å². The summed E-state index contributed by atoms with van der Waals surface area (Å²) in [5.41, 5.74) is 10.6. The van der Waals surface area contributed by atoms with Gasteiger partial charge in [0.05, 0.1) is 0 Å². The Hall–Kier alpha value is -4.86. The van der Waals surface area contributed by atoms with Crippen molar-refractivity contribution >= 4 is 35.3 Å². The third-order valence-corrected chi connectivity index (χ3v) is 4.05. The molecule has 0 unspecified atom stereocenters. The van der Waals surface area contributed by atoms with Gasteiger partial charge in [-0.15, -0.1) is 0 Å². The standard InChI is InChI=1S/C22H20N6O4/c29-19(25-27-21(31)23-17-7-3-1-4-8-17)15-11-13-16(14-12-15)20(30)26-28-22(32)24-18-9-5-2-6-10-18/h1-14H,(H,25,29)(H,26,30)(H2,23,27,31)(H2,24,28,32). The summed E-state index contributed by atoms with van der Waals surface area (Å²) < 4.78 is 0. The fraction of sp³-hybridized carbons (Fsp3) is 0. The van der Waals surface area contributed by atoms with Crippen LogP contribution in [0.2, 0.25) is 0 Å². The molecule has 3 rings (SSSR count). The van der Waals surface area contributed by atoms with Crippen LogP contribution in [0.3, 0.4) is 0 Å². The van der Waals surface area contributed by atoms with Crippen LogP contribution in [0, 0.1) is 0 Å². The summed E-state index contributed by atoms with van der Waals surface area (Å²) in [5, 5.41) is 5.11. The van der Waals surface area contributed by atoms with Gasteiger partial charge in [0.25, 0.3) is 11.8 Å². The number of para-hydroxylation sites is 2. The van der Waals surface area contributed by atoms with Crippen LogP contribution in [0.15, 0.2) is 84.9 Å². The lowest BCUT2D eigenvalue weighted by Crippen LogP contribution is -2.44. The first-order chi connectivity index (χ1) is 15.5. The number of hydrogen-bond donors (Lipinski definition) is 6. The molecule has 162 valence electrons. The van der Waals surface area contributed by atoms with Crippen molar-refractivity contribution in [2.75, 3.05) is 10.6 Å². The number of carbonyl (C=O) groups is 4. The van der Waals surface area contributed by atoms with E-state index in [0.29, 0.717) is 11.4 Å². The van der Waals surface area contributed by atoms with Gasteiger partial charge in [-0.05, 0) is 48.5 Å². The highest BCUT2D eigenvalue weighted by molar-refractivity contribution is 6.00. The largest absolute Gasteiger partial charge is 0.337 e. The number of nitrogens with one attached hydrogen (secondary N) is 6. The van der Waals surface area contributed by atoms with E-state index in [1.54, 1.807) is 48.5 Å². The van der Waals surface area contributed by atoms with Crippen molar-refractivity contribution in [3.05, 3.63) is 96.1 Å². The summed E-state index contributed by atoms with van der Waals surface area (Å²) in [4.78, 5) is 47.9. The van der Waals surface area contributed by atoms with Gasteiger partial charge in [-0.2, -0.15) is 0 Å². The summed E-state index contributed by atoms with van der Waals surface area (Å²) in [7, 11) is 0. The second-order valence-electron chi connectivity index (χ2n) is 6.38. The zero-order valence-corrected chi connectivity index (χ0v) is 16.7. The number of hydrazine groups is 2. The van der Waals surface area contributed by atoms with Crippen molar-refractivity contribution in [3.63, 3.8) is 0 Å². The molecule has 10 nitrogen and oxygen atoms in total. The molecule has 0 aliphatic rings. The number of anilines is 2. The minimum Gasteiger partial charge on any atom is -0.307 e. The predicted molar refractivity (Wildman–Crippen MR) is 119 cm³/mol. The molecule has 0 spiro atoms. The van der Waals surface area contributed by atoms with E-state index in [1.807, 2.05) is 12.1 Å². The van der Waals surface area contributed by atoms with Crippen molar-refractivity contribution in [1.82, 2.24) is 21.7 Å². The Morgan fingerprint density at radius 3 is 1.12 bits per heavy atom. The van der Waals surface area contributed by atoms with Gasteiger partial charge in [0.1, 0.15) is 0 Å². The van der Waals surface area contributed by atoms with E-state index in [2.05, 4.69) is 32.3 Å². The fourth-order valence-corrected chi connectivity index (χ4v) is 2.51. The molecule has 0 radical (unpaired) electrons. The molecule has 3 aromatic carbocycles. The van der Waals surface area contributed by atoms with Crippen LogP contribution in [0.5, 0.6) is 0 Å². The molecule has 10 heteroatoms. The van der Waals surface area contributed by atoms with Gasteiger partial charge in [0, 0.05) is 22.5 Å². The molecule has 0 saturated heterocycles. The smallest absolute Gasteiger partial charge is 0.307 e. The van der Waals surface area contributed by atoms with Crippen molar-refractivity contribution in [2.45, 2.75) is 0 Å². The molecule has 0 bridgehead atoms. The van der Waals surface area contributed by atoms with Gasteiger partial charge in [-0.3, -0.25) is 20.4 Å². The van der Waals surface area contributed by atoms with Crippen LogP contribution >= 0.6 is 0 Å². The molecule has 3 aromatic rings. The molecule has 0 aromatic heterocycles. The lowest BCUT2D eigenvalue weighted by Gasteiger charge is -2.10. The first-order valence-electron chi connectivity index (χ1n) is 9.46. The van der Waals surface area contributed by atoms with E-state index in [1.165, 1.54) is 24.3 Å². The number of urea groups is 2. The zero-order chi connectivity index (χ0) is 22.8. The quantitative estimate of drug-likeness (QED) is 0.353. The highest BCUT2D eigenvalue weighted by atomic mass is 16.2. The average molecular weight is 432 g/mol. The summed E-state index contributed by atoms with van der Waals surface area (Å²) in [6.07, 6.45) is 0. The highest BCUT2D eigenvalue weighted by Gasteiger charge is 2.11. The molecular formula is C22H20N6O4. The number of amides is 6. The molecule has 0 aliphatic carbocycles. The summed E-state index contributed by atoms with van der Waals surface area (Å²) >= 11 is 0. The molecular weight excluding hydrogens is 412 g/mol. The van der Waals surface area contributed by atoms with Crippen molar-refractivity contribution in [2.24, 2.45) is 0 Å². The number of rotatable bonds is 4. The maximum Gasteiger partial charge on any atom is 0.337 e. The second-order valence-corrected chi connectivity index (χ2v) is 6.38. The van der Waals surface area contributed by atoms with Gasteiger partial charge in [-0.1, -0.05) is 36.4 Å². The molecule has 6 N–H and O–H groups in total. The normalized spacial score (nSPS) is 9.75. The van der Waals surface area contributed by atoms with E-state index in [-0.39, 0.29) is 11.1 Å². The zero-order valence-electron chi connectivity index (χ0n) is 16.7. The van der Waals surface area contributed by atoms with Crippen molar-refractivity contribution in [3.8, 4) is 0 Å². The Bertz CT molecular complexity index is 1000. The van der Waals surface area contributed by atoms with Gasteiger partial charge >= 0.3 is 12.1 Å². The van der Waals surface area contributed by atoms with Crippen LogP contribution in [0.1, 0.15) is 20.7 Å². The number of carbonyl (C=O) groups excluding carboxylic acids is 4. The van der Waals surface area contributed by atoms with Gasteiger partial charge in [-0.25, -0.2) is 20.4 Å². The van der Waals surface area contributed by atoms with Crippen LogP contribution in [-0.4, -0.2) is 23.9 Å². The second kappa shape index (κ2) is 10.8. The van der Waals surface area contributed by atoms with E-state index in [4.69, 9.17) is 0 Å². The third-order valence-electron chi connectivity index (χ3n) is 4.05. The molecule has 0 saturated carbocycles. The molecule has 0 fully saturated rings. The maximum absolute atomic E-state index is 12.2. The maximum atomic E-state index is 12.2. The Kier molecular flexibility index (Phi) is 7.36. The Morgan fingerprint density at radius 2 is 0.781 bits per heavy atom. The van der Waals surface area contributed by atoms with E-state index >= 15 is 0 Å². The van der Waals surface area contributed by atoms with Crippen LogP contribution in [0.4, 0.5) is 21.0 Å². The van der Waals surface area contributed by atoms with Crippen molar-refractivity contribution in [1.29, 1.82) is 0 Å². The predicted octanol–water partition coefficient (Wildman–Crippen LogP) is 2.62. The third kappa shape index (κ3) is 6.59. The van der Waals surface area contributed by atoms with Crippen molar-refractivity contribution < 1.29 is 19.2 Å². The van der Waals surface area contributed by atoms with Gasteiger partial charge in [0.2, 0.25) is 0 Å². The average Bonchev–Trinajstić information content (AvgIpc) is 2.82. The molecule has 0 atom stereocenters. The Morgan fingerprint density at radius 1 is 0.438 bits per heavy atom. The van der Waals surface area contributed by atoms with E-state index < -0.39 is 23.9 Å². The SMILES string of the molecule is O=C(NNC(=O)c1ccc(C(=O)NNC(=O)Nc2ccccc2)cc1)Nc1ccccc1.